The third-order valence-electron chi connectivity index (χ3n) is 11.5. The van der Waals surface area contributed by atoms with Crippen LogP contribution in [0.1, 0.15) is 232 Å². The first kappa shape index (κ1) is 63.7. The van der Waals surface area contributed by atoms with Crippen molar-refractivity contribution in [3.05, 3.63) is 60.8 Å². The molecule has 0 aromatic rings. The van der Waals surface area contributed by atoms with E-state index in [0.29, 0.717) is 17.4 Å². The Hall–Kier alpha value is -2.29. The van der Waals surface area contributed by atoms with Crippen molar-refractivity contribution in [3.63, 3.8) is 0 Å². The number of carbonyl (C=O) groups excluding carboxylic acids is 2. The molecule has 0 aliphatic carbocycles. The van der Waals surface area contributed by atoms with Gasteiger partial charge in [0, 0.05) is 12.8 Å². The van der Waals surface area contributed by atoms with Crippen molar-refractivity contribution < 1.29 is 42.1 Å². The number of carbonyl (C=O) groups is 2. The SMILES string of the molecule is CC/C=C\C/C=C\C/C=C\C/C=C\CCCCCCCCCCCCCCC(=O)OC(COC(=O)CCCCCCCCC/C=C\CCCCCCCC)COP(=O)([O-])OCC[N+](C)(C)C. The van der Waals surface area contributed by atoms with Gasteiger partial charge in [-0.1, -0.05) is 203 Å². The Balaban J connectivity index is 4.20. The number of hydrogen-bond donors (Lipinski definition) is 0. The van der Waals surface area contributed by atoms with Gasteiger partial charge in [-0.25, -0.2) is 0 Å². The highest BCUT2D eigenvalue weighted by Crippen LogP contribution is 2.38. The van der Waals surface area contributed by atoms with E-state index in [1.54, 1.807) is 0 Å². The van der Waals surface area contributed by atoms with E-state index in [1.807, 2.05) is 21.1 Å². The summed E-state index contributed by atoms with van der Waals surface area (Å²) in [6, 6.07) is 0. The van der Waals surface area contributed by atoms with Crippen LogP contribution in [0, 0.1) is 0 Å². The van der Waals surface area contributed by atoms with Crippen LogP contribution in [0.5, 0.6) is 0 Å². The normalized spacial score (nSPS) is 13.8. The van der Waals surface area contributed by atoms with Gasteiger partial charge in [0.15, 0.2) is 6.10 Å². The molecule has 0 aromatic carbocycles. The van der Waals surface area contributed by atoms with E-state index in [1.165, 1.54) is 122 Å². The van der Waals surface area contributed by atoms with Crippen molar-refractivity contribution in [2.75, 3.05) is 47.5 Å². The Morgan fingerprint density at radius 2 is 0.864 bits per heavy atom. The second kappa shape index (κ2) is 47.8. The standard InChI is InChI=1S/C56H102NO8P/c1-6-8-10-12-14-16-18-20-22-24-25-26-27-28-29-30-31-33-35-37-39-41-43-45-47-49-56(59)65-54(53-64-66(60,61)63-51-50-57(3,4)5)52-62-55(58)48-46-44-42-40-38-36-34-32-23-21-19-17-15-13-11-9-7-2/h8,10,14,16,20-23,25-26,54H,6-7,9,11-13,15,17-19,24,27-53H2,1-5H3/b10-8-,16-14-,22-20-,23-21-,26-25-. The minimum absolute atomic E-state index is 0.0331. The van der Waals surface area contributed by atoms with Crippen LogP contribution in [0.4, 0.5) is 0 Å². The second-order valence-corrected chi connectivity index (χ2v) is 20.6. The minimum atomic E-state index is -4.63. The molecule has 0 aromatic heterocycles. The third kappa shape index (κ3) is 51.1. The monoisotopic (exact) mass is 948 g/mol. The molecule has 0 heterocycles. The Bertz CT molecular complexity index is 1300. The number of phosphoric acid groups is 1. The Kier molecular flexibility index (Phi) is 46.1. The summed E-state index contributed by atoms with van der Waals surface area (Å²) in [5.41, 5.74) is 0. The first-order valence-corrected chi connectivity index (χ1v) is 28.5. The van der Waals surface area contributed by atoms with E-state index in [0.717, 1.165) is 77.0 Å². The number of esters is 2. The van der Waals surface area contributed by atoms with Gasteiger partial charge in [-0.2, -0.15) is 0 Å². The fraction of sp³-hybridized carbons (Fsp3) is 0.786. The smallest absolute Gasteiger partial charge is 0.306 e. The zero-order valence-electron chi connectivity index (χ0n) is 43.4. The van der Waals surface area contributed by atoms with E-state index < -0.39 is 26.5 Å². The molecule has 0 aliphatic heterocycles. The molecule has 0 spiro atoms. The zero-order valence-corrected chi connectivity index (χ0v) is 44.3. The number of unbranched alkanes of at least 4 members (excludes halogenated alkanes) is 25. The maximum atomic E-state index is 12.8. The summed E-state index contributed by atoms with van der Waals surface area (Å²) in [7, 11) is 1.16. The molecule has 2 atom stereocenters. The number of likely N-dealkylation sites (N-methyl/N-ethyl adjacent to an activating group) is 1. The van der Waals surface area contributed by atoms with E-state index in [-0.39, 0.29) is 32.0 Å². The van der Waals surface area contributed by atoms with Gasteiger partial charge in [0.25, 0.3) is 7.82 Å². The topological polar surface area (TPSA) is 111 Å². The second-order valence-electron chi connectivity index (χ2n) is 19.2. The van der Waals surface area contributed by atoms with Gasteiger partial charge in [-0.15, -0.1) is 0 Å². The van der Waals surface area contributed by atoms with Crippen LogP contribution in [0.25, 0.3) is 0 Å². The molecular weight excluding hydrogens is 846 g/mol. The molecule has 9 nitrogen and oxygen atoms in total. The largest absolute Gasteiger partial charge is 0.756 e. The van der Waals surface area contributed by atoms with Crippen molar-refractivity contribution in [1.82, 2.24) is 0 Å². The summed E-state index contributed by atoms with van der Waals surface area (Å²) in [5.74, 6) is -0.837. The summed E-state index contributed by atoms with van der Waals surface area (Å²) >= 11 is 0. The fourth-order valence-corrected chi connectivity index (χ4v) is 8.08. The van der Waals surface area contributed by atoms with Gasteiger partial charge in [0.1, 0.15) is 19.8 Å². The van der Waals surface area contributed by atoms with Crippen molar-refractivity contribution in [3.8, 4) is 0 Å². The average Bonchev–Trinajstić information content (AvgIpc) is 3.27. The maximum Gasteiger partial charge on any atom is 0.306 e. The molecular formula is C56H102NO8P. The summed E-state index contributed by atoms with van der Waals surface area (Å²) in [6.45, 7) is 4.13. The number of hydrogen-bond acceptors (Lipinski definition) is 8. The zero-order chi connectivity index (χ0) is 48.5. The molecule has 0 fully saturated rings. The van der Waals surface area contributed by atoms with Crippen LogP contribution >= 0.6 is 7.82 Å². The molecule has 0 radical (unpaired) electrons. The quantitative estimate of drug-likeness (QED) is 0.0195. The lowest BCUT2D eigenvalue weighted by Crippen LogP contribution is -2.37. The van der Waals surface area contributed by atoms with E-state index >= 15 is 0 Å². The number of quaternary nitrogens is 1. The van der Waals surface area contributed by atoms with Crippen molar-refractivity contribution in [2.45, 2.75) is 238 Å². The van der Waals surface area contributed by atoms with E-state index in [9.17, 15) is 19.0 Å². The number of rotatable bonds is 49. The molecule has 10 heteroatoms. The van der Waals surface area contributed by atoms with E-state index in [4.69, 9.17) is 18.5 Å². The lowest BCUT2D eigenvalue weighted by molar-refractivity contribution is -0.870. The van der Waals surface area contributed by atoms with Gasteiger partial charge < -0.3 is 27.9 Å². The van der Waals surface area contributed by atoms with Crippen molar-refractivity contribution >= 4 is 19.8 Å². The molecule has 384 valence electrons. The highest BCUT2D eigenvalue weighted by Gasteiger charge is 2.21. The van der Waals surface area contributed by atoms with Crippen LogP contribution < -0.4 is 4.89 Å². The molecule has 2 unspecified atom stereocenters. The Morgan fingerprint density at radius 3 is 1.30 bits per heavy atom. The predicted molar refractivity (Wildman–Crippen MR) is 277 cm³/mol. The van der Waals surface area contributed by atoms with Crippen molar-refractivity contribution in [1.29, 1.82) is 0 Å². The Labute approximate surface area is 406 Å². The van der Waals surface area contributed by atoms with Gasteiger partial charge in [-0.05, 0) is 77.0 Å². The average molecular weight is 948 g/mol. The van der Waals surface area contributed by atoms with Gasteiger partial charge in [-0.3, -0.25) is 14.2 Å². The van der Waals surface area contributed by atoms with Crippen LogP contribution in [0.15, 0.2) is 60.8 Å². The lowest BCUT2D eigenvalue weighted by Gasteiger charge is -2.28. The minimum Gasteiger partial charge on any atom is -0.756 e. The highest BCUT2D eigenvalue weighted by molar-refractivity contribution is 7.45. The maximum absolute atomic E-state index is 12.8. The van der Waals surface area contributed by atoms with Crippen LogP contribution in [-0.4, -0.2) is 70.0 Å². The first-order chi connectivity index (χ1) is 32.0. The first-order valence-electron chi connectivity index (χ1n) is 27.0. The van der Waals surface area contributed by atoms with Crippen LogP contribution in [-0.2, 0) is 32.7 Å². The molecule has 0 amide bonds. The Morgan fingerprint density at radius 1 is 0.485 bits per heavy atom. The number of nitrogens with zero attached hydrogens (tertiary/aromatic N) is 1. The third-order valence-corrected chi connectivity index (χ3v) is 12.5. The fourth-order valence-electron chi connectivity index (χ4n) is 7.35. The van der Waals surface area contributed by atoms with Gasteiger partial charge in [0.2, 0.25) is 0 Å². The molecule has 66 heavy (non-hydrogen) atoms. The van der Waals surface area contributed by atoms with Crippen LogP contribution in [0.3, 0.4) is 0 Å². The number of phosphoric ester groups is 1. The summed E-state index contributed by atoms with van der Waals surface area (Å²) < 4.78 is 34.1. The lowest BCUT2D eigenvalue weighted by atomic mass is 10.0. The molecule has 0 bridgehead atoms. The predicted octanol–water partition coefficient (Wildman–Crippen LogP) is 15.7. The highest BCUT2D eigenvalue weighted by atomic mass is 31.2. The molecule has 0 rings (SSSR count). The molecule has 0 N–H and O–H groups in total. The number of ether oxygens (including phenoxy) is 2. The molecule has 0 saturated heterocycles. The summed E-state index contributed by atoms with van der Waals surface area (Å²) in [6.07, 6.45) is 59.6. The molecule has 0 saturated carbocycles. The number of allylic oxidation sites excluding steroid dienone is 10. The summed E-state index contributed by atoms with van der Waals surface area (Å²) in [4.78, 5) is 37.8. The van der Waals surface area contributed by atoms with Gasteiger partial charge in [0.05, 0.1) is 27.7 Å². The summed E-state index contributed by atoms with van der Waals surface area (Å²) in [5, 5.41) is 0. The van der Waals surface area contributed by atoms with Crippen LogP contribution in [0.2, 0.25) is 0 Å². The van der Waals surface area contributed by atoms with Crippen molar-refractivity contribution in [2.24, 2.45) is 0 Å². The molecule has 0 aliphatic rings. The van der Waals surface area contributed by atoms with Gasteiger partial charge >= 0.3 is 11.9 Å². The van der Waals surface area contributed by atoms with E-state index in [2.05, 4.69) is 74.6 Å².